The summed E-state index contributed by atoms with van der Waals surface area (Å²) in [6.45, 7) is 3.31. The van der Waals surface area contributed by atoms with Gasteiger partial charge in [-0.2, -0.15) is 0 Å². The Labute approximate surface area is 155 Å². The highest BCUT2D eigenvalue weighted by Gasteiger charge is 2.12. The van der Waals surface area contributed by atoms with E-state index < -0.39 is 0 Å². The smallest absolute Gasteiger partial charge is 0.219 e. The molecule has 0 unspecified atom stereocenters. The molecule has 8 heteroatoms. The highest BCUT2D eigenvalue weighted by atomic mass is 35.5. The second-order valence-corrected chi connectivity index (χ2v) is 6.82. The third-order valence-electron chi connectivity index (χ3n) is 3.21. The zero-order valence-electron chi connectivity index (χ0n) is 13.4. The van der Waals surface area contributed by atoms with E-state index in [9.17, 15) is 4.79 Å². The molecular formula is C16H18Cl2N2O3S. The Bertz CT molecular complexity index is 694. The van der Waals surface area contributed by atoms with Crippen molar-refractivity contribution in [1.29, 1.82) is 0 Å². The molecule has 0 N–H and O–H groups in total. The van der Waals surface area contributed by atoms with Crippen LogP contribution in [0.2, 0.25) is 10.0 Å². The maximum atomic E-state index is 11.6. The molecule has 24 heavy (non-hydrogen) atoms. The van der Waals surface area contributed by atoms with Crippen LogP contribution >= 0.6 is 34.5 Å². The van der Waals surface area contributed by atoms with Gasteiger partial charge in [0.2, 0.25) is 5.91 Å². The molecule has 0 aliphatic rings. The molecule has 130 valence electrons. The molecule has 1 aromatic heterocycles. The van der Waals surface area contributed by atoms with Gasteiger partial charge in [0, 0.05) is 37.0 Å². The summed E-state index contributed by atoms with van der Waals surface area (Å²) in [6, 6.07) is 5.06. The van der Waals surface area contributed by atoms with E-state index in [2.05, 4.69) is 4.98 Å². The average molecular weight is 389 g/mol. The van der Waals surface area contributed by atoms with Gasteiger partial charge in [0.15, 0.2) is 0 Å². The maximum Gasteiger partial charge on any atom is 0.219 e. The van der Waals surface area contributed by atoms with Gasteiger partial charge in [0.1, 0.15) is 17.4 Å². The fraction of sp³-hybridized carbons (Fsp3) is 0.375. The van der Waals surface area contributed by atoms with E-state index in [0.29, 0.717) is 42.1 Å². The summed E-state index contributed by atoms with van der Waals surface area (Å²) in [4.78, 5) is 17.8. The molecule has 0 spiro atoms. The quantitative estimate of drug-likeness (QED) is 0.684. The number of aromatic nitrogens is 1. The normalized spacial score (nSPS) is 10.7. The Hall–Kier alpha value is -1.34. The predicted octanol–water partition coefficient (Wildman–Crippen LogP) is 4.02. The minimum Gasteiger partial charge on any atom is -0.485 e. The summed E-state index contributed by atoms with van der Waals surface area (Å²) < 4.78 is 10.7. The number of amides is 1. The summed E-state index contributed by atoms with van der Waals surface area (Å²) in [5.41, 5.74) is 0.821. The monoisotopic (exact) mass is 388 g/mol. The van der Waals surface area contributed by atoms with Crippen LogP contribution in [-0.2, 0) is 22.7 Å². The number of benzene rings is 1. The maximum absolute atomic E-state index is 11.6. The minimum absolute atomic E-state index is 0.0106. The molecule has 2 rings (SSSR count). The summed E-state index contributed by atoms with van der Waals surface area (Å²) >= 11 is 13.5. The van der Waals surface area contributed by atoms with E-state index >= 15 is 0 Å². The largest absolute Gasteiger partial charge is 0.485 e. The molecule has 0 saturated carbocycles. The molecule has 1 amide bonds. The van der Waals surface area contributed by atoms with Crippen LogP contribution in [0.5, 0.6) is 5.75 Å². The van der Waals surface area contributed by atoms with Gasteiger partial charge in [-0.1, -0.05) is 23.2 Å². The van der Waals surface area contributed by atoms with Gasteiger partial charge in [0.05, 0.1) is 23.9 Å². The lowest BCUT2D eigenvalue weighted by Gasteiger charge is -2.19. The Morgan fingerprint density at radius 2 is 2.17 bits per heavy atom. The van der Waals surface area contributed by atoms with Crippen LogP contribution in [0.3, 0.4) is 0 Å². The molecule has 0 aliphatic heterocycles. The van der Waals surface area contributed by atoms with E-state index in [1.807, 2.05) is 5.38 Å². The first-order chi connectivity index (χ1) is 11.5. The summed E-state index contributed by atoms with van der Waals surface area (Å²) in [5.74, 6) is 0.509. The van der Waals surface area contributed by atoms with Crippen LogP contribution in [0.15, 0.2) is 23.6 Å². The molecule has 0 bridgehead atoms. The van der Waals surface area contributed by atoms with E-state index in [4.69, 9.17) is 32.7 Å². The second kappa shape index (κ2) is 9.22. The van der Waals surface area contributed by atoms with Crippen molar-refractivity contribution in [2.24, 2.45) is 0 Å². The highest BCUT2D eigenvalue weighted by Crippen LogP contribution is 2.28. The van der Waals surface area contributed by atoms with Crippen LogP contribution in [0.25, 0.3) is 0 Å². The van der Waals surface area contributed by atoms with Crippen molar-refractivity contribution >= 4 is 40.4 Å². The second-order valence-electron chi connectivity index (χ2n) is 5.03. The fourth-order valence-corrected chi connectivity index (χ4v) is 2.99. The lowest BCUT2D eigenvalue weighted by molar-refractivity contribution is -0.130. The number of rotatable bonds is 8. The molecule has 2 aromatic rings. The Balaban J connectivity index is 1.95. The van der Waals surface area contributed by atoms with Gasteiger partial charge in [-0.3, -0.25) is 4.79 Å². The van der Waals surface area contributed by atoms with Gasteiger partial charge in [-0.25, -0.2) is 4.98 Å². The summed E-state index contributed by atoms with van der Waals surface area (Å²) in [5, 5.41) is 3.78. The lowest BCUT2D eigenvalue weighted by atomic mass is 10.3. The molecule has 0 atom stereocenters. The van der Waals surface area contributed by atoms with Gasteiger partial charge < -0.3 is 14.4 Å². The van der Waals surface area contributed by atoms with Crippen molar-refractivity contribution in [3.63, 3.8) is 0 Å². The summed E-state index contributed by atoms with van der Waals surface area (Å²) in [7, 11) is 1.61. The number of carbonyl (C=O) groups is 1. The number of halogens is 2. The Kier molecular flexibility index (Phi) is 7.30. The number of hydrogen-bond acceptors (Lipinski definition) is 5. The molecule has 0 saturated heterocycles. The van der Waals surface area contributed by atoms with Gasteiger partial charge in [-0.05, 0) is 12.1 Å². The van der Waals surface area contributed by atoms with Gasteiger partial charge in [0.25, 0.3) is 0 Å². The van der Waals surface area contributed by atoms with E-state index in [1.54, 1.807) is 30.2 Å². The molecule has 0 fully saturated rings. The van der Waals surface area contributed by atoms with Crippen molar-refractivity contribution < 1.29 is 14.3 Å². The lowest BCUT2D eigenvalue weighted by Crippen LogP contribution is -2.31. The van der Waals surface area contributed by atoms with Crippen LogP contribution in [0.4, 0.5) is 0 Å². The number of nitrogens with zero attached hydrogens (tertiary/aromatic N) is 2. The molecule has 1 aromatic carbocycles. The van der Waals surface area contributed by atoms with Crippen molar-refractivity contribution in [3.05, 3.63) is 44.3 Å². The molecular weight excluding hydrogens is 371 g/mol. The first-order valence-corrected chi connectivity index (χ1v) is 8.88. The minimum atomic E-state index is -0.0106. The molecule has 5 nitrogen and oxygen atoms in total. The molecule has 0 radical (unpaired) electrons. The third-order valence-corrected chi connectivity index (χ3v) is 4.63. The van der Waals surface area contributed by atoms with Crippen molar-refractivity contribution in [2.45, 2.75) is 20.1 Å². The van der Waals surface area contributed by atoms with Crippen LogP contribution in [0, 0.1) is 0 Å². The molecule has 0 aliphatic carbocycles. The first kappa shape index (κ1) is 19.0. The number of carbonyl (C=O) groups excluding carboxylic acids is 1. The Morgan fingerprint density at radius 1 is 1.38 bits per heavy atom. The van der Waals surface area contributed by atoms with E-state index in [-0.39, 0.29) is 5.91 Å². The first-order valence-electron chi connectivity index (χ1n) is 7.25. The number of methoxy groups -OCH3 is 1. The third kappa shape index (κ3) is 5.63. The van der Waals surface area contributed by atoms with E-state index in [0.717, 1.165) is 10.7 Å². The van der Waals surface area contributed by atoms with Crippen molar-refractivity contribution in [3.8, 4) is 5.75 Å². The topological polar surface area (TPSA) is 51.7 Å². The highest BCUT2D eigenvalue weighted by molar-refractivity contribution is 7.09. The zero-order chi connectivity index (χ0) is 17.5. The summed E-state index contributed by atoms with van der Waals surface area (Å²) in [6.07, 6.45) is 0. The Morgan fingerprint density at radius 3 is 2.88 bits per heavy atom. The number of thiazole rings is 1. The fourth-order valence-electron chi connectivity index (χ4n) is 1.96. The average Bonchev–Trinajstić information content (AvgIpc) is 2.99. The van der Waals surface area contributed by atoms with Gasteiger partial charge in [-0.15, -0.1) is 11.3 Å². The number of ether oxygens (including phenoxy) is 2. The van der Waals surface area contributed by atoms with Crippen molar-refractivity contribution in [1.82, 2.24) is 9.88 Å². The van der Waals surface area contributed by atoms with Crippen LogP contribution in [0.1, 0.15) is 17.6 Å². The standard InChI is InChI=1S/C16H18Cl2N2O3S/c1-11(21)20(5-6-22-2)8-13-10-24-16(19-13)9-23-15-7-12(17)3-4-14(15)18/h3-4,7,10H,5-6,8-9H2,1-2H3. The number of hydrogen-bond donors (Lipinski definition) is 0. The molecule has 1 heterocycles. The van der Waals surface area contributed by atoms with Gasteiger partial charge >= 0.3 is 0 Å². The predicted molar refractivity (Wildman–Crippen MR) is 95.9 cm³/mol. The van der Waals surface area contributed by atoms with Crippen LogP contribution in [-0.4, -0.2) is 36.1 Å². The zero-order valence-corrected chi connectivity index (χ0v) is 15.7. The van der Waals surface area contributed by atoms with Crippen molar-refractivity contribution in [2.75, 3.05) is 20.3 Å². The SMILES string of the molecule is COCCN(Cc1csc(COc2cc(Cl)ccc2Cl)n1)C(C)=O. The van der Waals surface area contributed by atoms with Crippen LogP contribution < -0.4 is 4.74 Å². The van der Waals surface area contributed by atoms with E-state index in [1.165, 1.54) is 18.3 Å².